The molecule has 0 amide bonds. The number of aromatic hydroxyl groups is 1. The molecule has 0 heterocycles. The molecule has 0 unspecified atom stereocenters. The molecule has 1 saturated carbocycles. The van der Waals surface area contributed by atoms with E-state index >= 15 is 0 Å². The van der Waals surface area contributed by atoms with E-state index in [0.29, 0.717) is 11.2 Å². The Morgan fingerprint density at radius 3 is 2.56 bits per heavy atom. The summed E-state index contributed by atoms with van der Waals surface area (Å²) in [5.74, 6) is 0.470. The van der Waals surface area contributed by atoms with Crippen molar-refractivity contribution in [2.75, 3.05) is 0 Å². The molecule has 0 saturated heterocycles. The van der Waals surface area contributed by atoms with Gasteiger partial charge >= 0.3 is 0 Å². The zero-order chi connectivity index (χ0) is 11.6. The molecule has 0 atom stereocenters. The zero-order valence-electron chi connectivity index (χ0n) is 10.4. The number of rotatable bonds is 2. The molecular formula is C15H22O. The number of phenolic OH excluding ortho intramolecular Hbond substituents is 1. The maximum absolute atomic E-state index is 9.88. The maximum atomic E-state index is 9.88. The third kappa shape index (κ3) is 2.58. The van der Waals surface area contributed by atoms with E-state index in [1.54, 1.807) is 0 Å². The molecule has 0 aromatic heterocycles. The van der Waals surface area contributed by atoms with Gasteiger partial charge in [0.15, 0.2) is 0 Å². The Kier molecular flexibility index (Phi) is 3.22. The van der Waals surface area contributed by atoms with Crippen molar-refractivity contribution in [1.29, 1.82) is 0 Å². The SMILES string of the molecule is Cc1ccc(O)c(CC2(C)CCCCC2)c1. The quantitative estimate of drug-likeness (QED) is 0.788. The Morgan fingerprint density at radius 2 is 1.88 bits per heavy atom. The molecule has 0 bridgehead atoms. The predicted octanol–water partition coefficient (Wildman–Crippen LogP) is 4.21. The van der Waals surface area contributed by atoms with E-state index in [4.69, 9.17) is 0 Å². The van der Waals surface area contributed by atoms with Crippen LogP contribution in [0.3, 0.4) is 0 Å². The van der Waals surface area contributed by atoms with Crippen LogP contribution in [0.15, 0.2) is 18.2 Å². The second kappa shape index (κ2) is 4.48. The van der Waals surface area contributed by atoms with Crippen LogP contribution in [0.25, 0.3) is 0 Å². The van der Waals surface area contributed by atoms with Gasteiger partial charge < -0.3 is 5.11 Å². The lowest BCUT2D eigenvalue weighted by molar-refractivity contribution is 0.213. The van der Waals surface area contributed by atoms with Gasteiger partial charge in [0.1, 0.15) is 5.75 Å². The fourth-order valence-corrected chi connectivity index (χ4v) is 2.90. The van der Waals surface area contributed by atoms with Crippen LogP contribution in [0, 0.1) is 12.3 Å². The van der Waals surface area contributed by atoms with Crippen molar-refractivity contribution in [1.82, 2.24) is 0 Å². The van der Waals surface area contributed by atoms with Crippen LogP contribution < -0.4 is 0 Å². The lowest BCUT2D eigenvalue weighted by atomic mass is 9.72. The highest BCUT2D eigenvalue weighted by Crippen LogP contribution is 2.40. The van der Waals surface area contributed by atoms with Gasteiger partial charge in [0.2, 0.25) is 0 Å². The van der Waals surface area contributed by atoms with Crippen molar-refractivity contribution in [3.8, 4) is 5.75 Å². The van der Waals surface area contributed by atoms with Crippen molar-refractivity contribution in [2.24, 2.45) is 5.41 Å². The first-order chi connectivity index (χ1) is 7.59. The smallest absolute Gasteiger partial charge is 0.118 e. The first-order valence-electron chi connectivity index (χ1n) is 6.38. The van der Waals surface area contributed by atoms with Crippen molar-refractivity contribution < 1.29 is 5.11 Å². The summed E-state index contributed by atoms with van der Waals surface area (Å²) < 4.78 is 0. The van der Waals surface area contributed by atoms with Crippen LogP contribution in [0.4, 0.5) is 0 Å². The van der Waals surface area contributed by atoms with Crippen molar-refractivity contribution >= 4 is 0 Å². The van der Waals surface area contributed by atoms with Crippen LogP contribution in [-0.4, -0.2) is 5.11 Å². The van der Waals surface area contributed by atoms with Crippen molar-refractivity contribution in [3.05, 3.63) is 29.3 Å². The largest absolute Gasteiger partial charge is 0.508 e. The summed E-state index contributed by atoms with van der Waals surface area (Å²) in [5.41, 5.74) is 2.78. The topological polar surface area (TPSA) is 20.2 Å². The number of phenols is 1. The monoisotopic (exact) mass is 218 g/mol. The Labute approximate surface area is 98.5 Å². The van der Waals surface area contributed by atoms with Crippen LogP contribution in [0.2, 0.25) is 0 Å². The zero-order valence-corrected chi connectivity index (χ0v) is 10.4. The number of aryl methyl sites for hydroxylation is 1. The minimum Gasteiger partial charge on any atom is -0.508 e. The van der Waals surface area contributed by atoms with Crippen LogP contribution in [0.1, 0.15) is 50.2 Å². The molecule has 1 aromatic carbocycles. The predicted molar refractivity (Wildman–Crippen MR) is 67.7 cm³/mol. The van der Waals surface area contributed by atoms with E-state index in [9.17, 15) is 5.11 Å². The van der Waals surface area contributed by atoms with Crippen LogP contribution >= 0.6 is 0 Å². The van der Waals surface area contributed by atoms with Gasteiger partial charge in [-0.3, -0.25) is 0 Å². The molecule has 2 rings (SSSR count). The summed E-state index contributed by atoms with van der Waals surface area (Å²) in [6.45, 7) is 4.46. The molecule has 88 valence electrons. The highest BCUT2D eigenvalue weighted by atomic mass is 16.3. The minimum atomic E-state index is 0.406. The Morgan fingerprint density at radius 1 is 1.19 bits per heavy atom. The molecule has 1 N–H and O–H groups in total. The maximum Gasteiger partial charge on any atom is 0.118 e. The lowest BCUT2D eigenvalue weighted by Gasteiger charge is -2.34. The molecule has 0 radical (unpaired) electrons. The minimum absolute atomic E-state index is 0.406. The third-order valence-corrected chi connectivity index (χ3v) is 3.91. The second-order valence-corrected chi connectivity index (χ2v) is 5.68. The molecule has 1 nitrogen and oxygen atoms in total. The van der Waals surface area contributed by atoms with Gasteiger partial charge in [0, 0.05) is 0 Å². The molecule has 1 aliphatic carbocycles. The van der Waals surface area contributed by atoms with Gasteiger partial charge in [-0.1, -0.05) is 43.9 Å². The van der Waals surface area contributed by atoms with E-state index in [1.807, 2.05) is 12.1 Å². The summed E-state index contributed by atoms with van der Waals surface area (Å²) in [6, 6.07) is 5.94. The fourth-order valence-electron chi connectivity index (χ4n) is 2.90. The molecular weight excluding hydrogens is 196 g/mol. The van der Waals surface area contributed by atoms with Crippen LogP contribution in [0.5, 0.6) is 5.75 Å². The lowest BCUT2D eigenvalue weighted by Crippen LogP contribution is -2.22. The summed E-state index contributed by atoms with van der Waals surface area (Å²) in [4.78, 5) is 0. The third-order valence-electron chi connectivity index (χ3n) is 3.91. The van der Waals surface area contributed by atoms with Gasteiger partial charge in [-0.15, -0.1) is 0 Å². The molecule has 0 spiro atoms. The van der Waals surface area contributed by atoms with Gasteiger partial charge in [0.05, 0.1) is 0 Å². The summed E-state index contributed by atoms with van der Waals surface area (Å²) in [6.07, 6.45) is 7.73. The Bertz CT molecular complexity index is 362. The van der Waals surface area contributed by atoms with Gasteiger partial charge in [-0.2, -0.15) is 0 Å². The average molecular weight is 218 g/mol. The molecule has 1 fully saturated rings. The van der Waals surface area contributed by atoms with Gasteiger partial charge in [-0.25, -0.2) is 0 Å². The van der Waals surface area contributed by atoms with E-state index in [-0.39, 0.29) is 0 Å². The van der Waals surface area contributed by atoms with E-state index in [1.165, 1.54) is 37.7 Å². The normalized spacial score (nSPS) is 19.6. The van der Waals surface area contributed by atoms with Crippen molar-refractivity contribution in [3.63, 3.8) is 0 Å². The molecule has 16 heavy (non-hydrogen) atoms. The number of hydrogen-bond donors (Lipinski definition) is 1. The fraction of sp³-hybridized carbons (Fsp3) is 0.600. The van der Waals surface area contributed by atoms with Crippen LogP contribution in [-0.2, 0) is 6.42 Å². The van der Waals surface area contributed by atoms with Gasteiger partial charge in [0.25, 0.3) is 0 Å². The summed E-state index contributed by atoms with van der Waals surface area (Å²) >= 11 is 0. The van der Waals surface area contributed by atoms with E-state index < -0.39 is 0 Å². The summed E-state index contributed by atoms with van der Waals surface area (Å²) in [5, 5.41) is 9.88. The molecule has 1 aromatic rings. The van der Waals surface area contributed by atoms with E-state index in [0.717, 1.165) is 12.0 Å². The Balaban J connectivity index is 2.15. The standard InChI is InChI=1S/C15H22O/c1-12-6-7-14(16)13(10-12)11-15(2)8-4-3-5-9-15/h6-7,10,16H,3-5,8-9,11H2,1-2H3. The average Bonchev–Trinajstić information content (AvgIpc) is 2.24. The van der Waals surface area contributed by atoms with Crippen molar-refractivity contribution in [2.45, 2.75) is 52.4 Å². The molecule has 1 aliphatic rings. The first-order valence-corrected chi connectivity index (χ1v) is 6.38. The highest BCUT2D eigenvalue weighted by molar-refractivity contribution is 5.36. The first kappa shape index (κ1) is 11.5. The molecule has 0 aliphatic heterocycles. The number of benzene rings is 1. The van der Waals surface area contributed by atoms with Gasteiger partial charge in [-0.05, 0) is 43.2 Å². The molecule has 1 heteroatoms. The highest BCUT2D eigenvalue weighted by Gasteiger charge is 2.27. The Hall–Kier alpha value is -0.980. The summed E-state index contributed by atoms with van der Waals surface area (Å²) in [7, 11) is 0. The van der Waals surface area contributed by atoms with E-state index in [2.05, 4.69) is 19.9 Å². The number of hydrogen-bond acceptors (Lipinski definition) is 1. The second-order valence-electron chi connectivity index (χ2n) is 5.68.